The molecule has 5 amide bonds. The molecule has 0 aromatic heterocycles. The summed E-state index contributed by atoms with van der Waals surface area (Å²) in [5, 5.41) is 8.24. The van der Waals surface area contributed by atoms with Crippen molar-refractivity contribution in [3.63, 3.8) is 0 Å². The maximum absolute atomic E-state index is 13.7. The van der Waals surface area contributed by atoms with Gasteiger partial charge in [0.05, 0.1) is 0 Å². The van der Waals surface area contributed by atoms with Gasteiger partial charge in [0.25, 0.3) is 0 Å². The molecule has 10 heteroatoms. The molecule has 2 fully saturated rings. The lowest BCUT2D eigenvalue weighted by molar-refractivity contribution is -0.144. The van der Waals surface area contributed by atoms with Gasteiger partial charge in [0.15, 0.2) is 0 Å². The number of hydrogen-bond acceptors (Lipinski definition) is 5. The molecule has 0 unspecified atom stereocenters. The molecule has 2 aliphatic heterocycles. The Labute approximate surface area is 218 Å². The van der Waals surface area contributed by atoms with Crippen LogP contribution in [0.1, 0.15) is 52.5 Å². The van der Waals surface area contributed by atoms with Gasteiger partial charge in [0.1, 0.15) is 30.2 Å². The van der Waals surface area contributed by atoms with Crippen LogP contribution >= 0.6 is 0 Å². The second-order valence-corrected chi connectivity index (χ2v) is 10.5. The van der Waals surface area contributed by atoms with Crippen LogP contribution < -0.4 is 16.0 Å². The van der Waals surface area contributed by atoms with Gasteiger partial charge in [-0.3, -0.25) is 24.0 Å². The van der Waals surface area contributed by atoms with Crippen LogP contribution in [-0.4, -0.2) is 83.1 Å². The molecule has 0 spiro atoms. The lowest BCUT2D eigenvalue weighted by atomic mass is 9.99. The SMILES string of the molecule is CC(C)C[C@@H]1NC(=O)[C@H](Cc2ccccc2)N(C)C(=O)[C@H](C)NC(=O)[C@H](C)NC(=O)[C@@H]2CCCN2C1=O. The van der Waals surface area contributed by atoms with Crippen LogP contribution in [0.3, 0.4) is 0 Å². The minimum Gasteiger partial charge on any atom is -0.343 e. The zero-order valence-corrected chi connectivity index (χ0v) is 22.3. The highest BCUT2D eigenvalue weighted by Gasteiger charge is 2.40. The Hall–Kier alpha value is -3.43. The molecule has 0 bridgehead atoms. The molecule has 0 aliphatic carbocycles. The van der Waals surface area contributed by atoms with Gasteiger partial charge in [-0.1, -0.05) is 44.2 Å². The highest BCUT2D eigenvalue weighted by atomic mass is 16.2. The number of carbonyl (C=O) groups is 5. The Morgan fingerprint density at radius 3 is 2.16 bits per heavy atom. The molecule has 3 N–H and O–H groups in total. The third-order valence-corrected chi connectivity index (χ3v) is 7.03. The van der Waals surface area contributed by atoms with Gasteiger partial charge < -0.3 is 25.8 Å². The Morgan fingerprint density at radius 2 is 1.51 bits per heavy atom. The summed E-state index contributed by atoms with van der Waals surface area (Å²) in [6, 6.07) is 5.02. The number of hydrogen-bond donors (Lipinski definition) is 3. The zero-order chi connectivity index (χ0) is 27.3. The van der Waals surface area contributed by atoms with Gasteiger partial charge in [-0.25, -0.2) is 0 Å². The molecule has 0 saturated carbocycles. The fourth-order valence-electron chi connectivity index (χ4n) is 4.94. The number of benzene rings is 1. The molecule has 37 heavy (non-hydrogen) atoms. The van der Waals surface area contributed by atoms with E-state index in [-0.39, 0.29) is 18.2 Å². The van der Waals surface area contributed by atoms with E-state index < -0.39 is 53.8 Å². The van der Waals surface area contributed by atoms with E-state index in [4.69, 9.17) is 0 Å². The second-order valence-electron chi connectivity index (χ2n) is 10.5. The molecule has 10 nitrogen and oxygen atoms in total. The quantitative estimate of drug-likeness (QED) is 0.543. The van der Waals surface area contributed by atoms with E-state index in [1.807, 2.05) is 44.2 Å². The topological polar surface area (TPSA) is 128 Å². The van der Waals surface area contributed by atoms with Crippen LogP contribution in [0.15, 0.2) is 30.3 Å². The van der Waals surface area contributed by atoms with Crippen LogP contribution in [0.4, 0.5) is 0 Å². The van der Waals surface area contributed by atoms with Gasteiger partial charge in [0, 0.05) is 20.0 Å². The van der Waals surface area contributed by atoms with Crippen LogP contribution in [0.2, 0.25) is 0 Å². The smallest absolute Gasteiger partial charge is 0.245 e. The Kier molecular flexibility index (Phi) is 9.29. The molecule has 1 aromatic rings. The minimum atomic E-state index is -0.927. The highest BCUT2D eigenvalue weighted by Crippen LogP contribution is 2.21. The van der Waals surface area contributed by atoms with E-state index in [1.54, 1.807) is 6.92 Å². The van der Waals surface area contributed by atoms with Crippen molar-refractivity contribution in [2.75, 3.05) is 13.6 Å². The summed E-state index contributed by atoms with van der Waals surface area (Å²) in [5.74, 6) is -2.08. The van der Waals surface area contributed by atoms with E-state index in [0.29, 0.717) is 25.8 Å². The van der Waals surface area contributed by atoms with E-state index in [9.17, 15) is 24.0 Å². The van der Waals surface area contributed by atoms with E-state index in [2.05, 4.69) is 16.0 Å². The number of nitrogens with zero attached hydrogens (tertiary/aromatic N) is 2. The first kappa shape index (κ1) is 28.1. The summed E-state index contributed by atoms with van der Waals surface area (Å²) in [7, 11) is 1.53. The van der Waals surface area contributed by atoms with Gasteiger partial charge >= 0.3 is 0 Å². The number of carbonyl (C=O) groups excluding carboxylic acids is 5. The van der Waals surface area contributed by atoms with Gasteiger partial charge in [-0.2, -0.15) is 0 Å². The van der Waals surface area contributed by atoms with Crippen molar-refractivity contribution in [3.05, 3.63) is 35.9 Å². The van der Waals surface area contributed by atoms with E-state index >= 15 is 0 Å². The molecule has 5 atom stereocenters. The number of nitrogens with one attached hydrogen (secondary N) is 3. The van der Waals surface area contributed by atoms with Gasteiger partial charge in [0.2, 0.25) is 29.5 Å². The first-order chi connectivity index (χ1) is 17.5. The van der Waals surface area contributed by atoms with Crippen molar-refractivity contribution in [1.82, 2.24) is 25.8 Å². The Bertz CT molecular complexity index is 1010. The van der Waals surface area contributed by atoms with Crippen molar-refractivity contribution in [2.24, 2.45) is 5.92 Å². The predicted molar refractivity (Wildman–Crippen MR) is 138 cm³/mol. The predicted octanol–water partition coefficient (Wildman–Crippen LogP) is 0.601. The molecular weight excluding hydrogens is 474 g/mol. The molecule has 3 rings (SSSR count). The fraction of sp³-hybridized carbons (Fsp3) is 0.593. The maximum Gasteiger partial charge on any atom is 0.245 e. The summed E-state index contributed by atoms with van der Waals surface area (Å²) < 4.78 is 0. The largest absolute Gasteiger partial charge is 0.343 e. The summed E-state index contributed by atoms with van der Waals surface area (Å²) in [5.41, 5.74) is 0.853. The van der Waals surface area contributed by atoms with Crippen LogP contribution in [-0.2, 0) is 30.4 Å². The highest BCUT2D eigenvalue weighted by molar-refractivity contribution is 5.98. The molecule has 2 saturated heterocycles. The van der Waals surface area contributed by atoms with E-state index in [1.165, 1.54) is 23.8 Å². The van der Waals surface area contributed by atoms with Crippen molar-refractivity contribution < 1.29 is 24.0 Å². The van der Waals surface area contributed by atoms with Crippen LogP contribution in [0, 0.1) is 5.92 Å². The van der Waals surface area contributed by atoms with Crippen LogP contribution in [0.5, 0.6) is 0 Å². The summed E-state index contributed by atoms with van der Waals surface area (Å²) in [4.78, 5) is 69.3. The molecule has 2 aliphatic rings. The molecule has 2 heterocycles. The first-order valence-electron chi connectivity index (χ1n) is 13.0. The Morgan fingerprint density at radius 1 is 0.865 bits per heavy atom. The van der Waals surface area contributed by atoms with Crippen molar-refractivity contribution in [2.45, 2.75) is 83.6 Å². The summed E-state index contributed by atoms with van der Waals surface area (Å²) in [6.07, 6.45) is 1.75. The van der Waals surface area contributed by atoms with E-state index in [0.717, 1.165) is 5.56 Å². The average Bonchev–Trinajstić information content (AvgIpc) is 3.35. The lowest BCUT2D eigenvalue weighted by Crippen LogP contribution is -2.58. The first-order valence-corrected chi connectivity index (χ1v) is 13.0. The summed E-state index contributed by atoms with van der Waals surface area (Å²) >= 11 is 0. The lowest BCUT2D eigenvalue weighted by Gasteiger charge is -2.33. The zero-order valence-electron chi connectivity index (χ0n) is 22.3. The Balaban J connectivity index is 2.01. The third-order valence-electron chi connectivity index (χ3n) is 7.03. The summed E-state index contributed by atoms with van der Waals surface area (Å²) in [6.45, 7) is 7.40. The standard InChI is InChI=1S/C27H39N5O5/c1-16(2)14-20-27(37)32-13-9-12-21(32)24(34)28-17(3)23(33)29-18(4)26(36)31(5)22(25(35)30-20)15-19-10-7-6-8-11-19/h6-8,10-11,16-18,20-22H,9,12-15H2,1-5H3,(H,28,34)(H,29,33)(H,30,35)/t17-,18-,20-,21-,22-/m0/s1. The number of amides is 5. The average molecular weight is 514 g/mol. The van der Waals surface area contributed by atoms with Crippen molar-refractivity contribution >= 4 is 29.5 Å². The van der Waals surface area contributed by atoms with Crippen molar-refractivity contribution in [3.8, 4) is 0 Å². The second kappa shape index (κ2) is 12.2. The molecule has 0 radical (unpaired) electrons. The van der Waals surface area contributed by atoms with Gasteiger partial charge in [-0.15, -0.1) is 0 Å². The van der Waals surface area contributed by atoms with Crippen LogP contribution in [0.25, 0.3) is 0 Å². The number of fused-ring (bicyclic) bond motifs is 1. The number of likely N-dealkylation sites (N-methyl/N-ethyl adjacent to an activating group) is 1. The molecule has 1 aromatic carbocycles. The van der Waals surface area contributed by atoms with Crippen molar-refractivity contribution in [1.29, 1.82) is 0 Å². The molecule has 202 valence electrons. The monoisotopic (exact) mass is 513 g/mol. The number of rotatable bonds is 4. The third kappa shape index (κ3) is 6.87. The fourth-order valence-corrected chi connectivity index (χ4v) is 4.94. The maximum atomic E-state index is 13.7. The van der Waals surface area contributed by atoms with Gasteiger partial charge in [-0.05, 0) is 44.6 Å². The normalized spacial score (nSPS) is 28.3. The minimum absolute atomic E-state index is 0.0972. The molecular formula is C27H39N5O5.